The summed E-state index contributed by atoms with van der Waals surface area (Å²) in [6, 6.07) is 5.75. The average Bonchev–Trinajstić information content (AvgIpc) is 2.46. The van der Waals surface area contributed by atoms with Crippen LogP contribution in [0.3, 0.4) is 0 Å². The fourth-order valence-corrected chi connectivity index (χ4v) is 2.73. The molecule has 0 aromatic heterocycles. The second-order valence-corrected chi connectivity index (χ2v) is 6.87. The maximum absolute atomic E-state index is 12.0. The van der Waals surface area contributed by atoms with Gasteiger partial charge in [0.25, 0.3) is 0 Å². The van der Waals surface area contributed by atoms with Crippen molar-refractivity contribution in [1.82, 2.24) is 10.0 Å². The van der Waals surface area contributed by atoms with Crippen LogP contribution in [0.4, 0.5) is 0 Å². The lowest BCUT2D eigenvalue weighted by Crippen LogP contribution is -2.35. The van der Waals surface area contributed by atoms with E-state index in [4.69, 9.17) is 0 Å². The smallest absolute Gasteiger partial charge is 0.240 e. The van der Waals surface area contributed by atoms with Crippen molar-refractivity contribution >= 4 is 21.7 Å². The Morgan fingerprint density at radius 2 is 1.77 bits per heavy atom. The summed E-state index contributed by atoms with van der Waals surface area (Å²) in [5.41, 5.74) is 0.451. The Bertz CT molecular complexity index is 623. The van der Waals surface area contributed by atoms with Crippen LogP contribution in [0.5, 0.6) is 0 Å². The van der Waals surface area contributed by atoms with Gasteiger partial charge in [-0.15, -0.1) is 0 Å². The highest BCUT2D eigenvalue weighted by Crippen LogP contribution is 2.10. The first-order valence-electron chi connectivity index (χ1n) is 7.16. The summed E-state index contributed by atoms with van der Waals surface area (Å²) in [7, 11) is -3.67. The molecular weight excluding hydrogens is 304 g/mol. The molecule has 22 heavy (non-hydrogen) atoms. The lowest BCUT2D eigenvalue weighted by Gasteiger charge is -2.11. The van der Waals surface area contributed by atoms with Gasteiger partial charge in [0.05, 0.1) is 4.90 Å². The minimum Gasteiger partial charge on any atom is -0.354 e. The van der Waals surface area contributed by atoms with Crippen LogP contribution in [0.15, 0.2) is 29.2 Å². The van der Waals surface area contributed by atoms with Crippen LogP contribution in [0.25, 0.3) is 0 Å². The van der Waals surface area contributed by atoms with Gasteiger partial charge in [0, 0.05) is 24.6 Å². The van der Waals surface area contributed by atoms with Crippen LogP contribution in [-0.2, 0) is 14.8 Å². The number of nitrogens with one attached hydrogen (secondary N) is 2. The van der Waals surface area contributed by atoms with Gasteiger partial charge in [-0.3, -0.25) is 9.59 Å². The van der Waals surface area contributed by atoms with Crippen molar-refractivity contribution in [2.45, 2.75) is 44.6 Å². The zero-order chi connectivity index (χ0) is 16.8. The average molecular weight is 326 g/mol. The molecule has 7 heteroatoms. The van der Waals surface area contributed by atoms with Gasteiger partial charge >= 0.3 is 0 Å². The van der Waals surface area contributed by atoms with Crippen molar-refractivity contribution < 1.29 is 18.0 Å². The third kappa shape index (κ3) is 5.57. The van der Waals surface area contributed by atoms with E-state index in [1.54, 1.807) is 0 Å². The Hall–Kier alpha value is -1.73. The van der Waals surface area contributed by atoms with Crippen molar-refractivity contribution in [1.29, 1.82) is 0 Å². The normalized spacial score (nSPS) is 12.7. The number of sulfonamides is 1. The molecule has 1 unspecified atom stereocenters. The minimum atomic E-state index is -3.67. The second-order valence-electron chi connectivity index (χ2n) is 5.11. The molecule has 6 nitrogen and oxygen atoms in total. The number of carbonyl (C=O) groups is 2. The molecule has 0 bridgehead atoms. The molecule has 0 heterocycles. The number of hydrogen-bond donors (Lipinski definition) is 2. The molecule has 0 saturated heterocycles. The molecule has 1 atom stereocenters. The second kappa shape index (κ2) is 8.05. The quantitative estimate of drug-likeness (QED) is 0.708. The monoisotopic (exact) mass is 326 g/mol. The molecule has 1 rings (SSSR count). The van der Waals surface area contributed by atoms with E-state index < -0.39 is 10.0 Å². The predicted octanol–water partition coefficient (Wildman–Crippen LogP) is 1.47. The predicted molar refractivity (Wildman–Crippen MR) is 84.1 cm³/mol. The Balaban J connectivity index is 2.57. The topological polar surface area (TPSA) is 92.3 Å². The molecule has 0 aliphatic heterocycles. The summed E-state index contributed by atoms with van der Waals surface area (Å²) in [6.45, 7) is 5.29. The lowest BCUT2D eigenvalue weighted by atomic mass is 10.2. The number of benzene rings is 1. The summed E-state index contributed by atoms with van der Waals surface area (Å²) in [5.74, 6) is -0.317. The number of hydrogen-bond acceptors (Lipinski definition) is 4. The summed E-state index contributed by atoms with van der Waals surface area (Å²) in [5, 5.41) is 2.76. The van der Waals surface area contributed by atoms with Gasteiger partial charge in [0.2, 0.25) is 15.9 Å². The van der Waals surface area contributed by atoms with E-state index in [0.717, 1.165) is 6.42 Å². The van der Waals surface area contributed by atoms with Crippen LogP contribution in [0, 0.1) is 0 Å². The maximum Gasteiger partial charge on any atom is 0.240 e. The lowest BCUT2D eigenvalue weighted by molar-refractivity contribution is -0.121. The van der Waals surface area contributed by atoms with Crippen molar-refractivity contribution in [3.8, 4) is 0 Å². The van der Waals surface area contributed by atoms with Gasteiger partial charge in [-0.1, -0.05) is 19.1 Å². The number of rotatable bonds is 8. The summed E-state index contributed by atoms with van der Waals surface area (Å²) in [6.07, 6.45) is 0.898. The number of amides is 1. The van der Waals surface area contributed by atoms with Gasteiger partial charge < -0.3 is 5.32 Å². The van der Waals surface area contributed by atoms with Crippen LogP contribution in [0.2, 0.25) is 0 Å². The Morgan fingerprint density at radius 1 is 1.18 bits per heavy atom. The van der Waals surface area contributed by atoms with Crippen LogP contribution in [-0.4, -0.2) is 32.7 Å². The molecule has 0 radical (unpaired) electrons. The number of carbonyl (C=O) groups excluding carboxylic acids is 2. The molecular formula is C15H22N2O4S. The fraction of sp³-hybridized carbons (Fsp3) is 0.467. The van der Waals surface area contributed by atoms with Gasteiger partial charge in [-0.05, 0) is 32.4 Å². The van der Waals surface area contributed by atoms with Crippen molar-refractivity contribution in [2.75, 3.05) is 6.54 Å². The highest BCUT2D eigenvalue weighted by Gasteiger charge is 2.15. The highest BCUT2D eigenvalue weighted by atomic mass is 32.2. The van der Waals surface area contributed by atoms with E-state index in [0.29, 0.717) is 5.56 Å². The molecule has 0 fully saturated rings. The third-order valence-corrected chi connectivity index (χ3v) is 4.71. The van der Waals surface area contributed by atoms with Crippen LogP contribution >= 0.6 is 0 Å². The molecule has 122 valence electrons. The van der Waals surface area contributed by atoms with Crippen molar-refractivity contribution in [2.24, 2.45) is 0 Å². The Kier molecular flexibility index (Phi) is 6.70. The molecule has 1 aromatic carbocycles. The molecule has 1 amide bonds. The molecule has 1 aromatic rings. The first-order chi connectivity index (χ1) is 10.3. The summed E-state index contributed by atoms with van der Waals surface area (Å²) in [4.78, 5) is 22.8. The Labute approximate surface area is 131 Å². The zero-order valence-corrected chi connectivity index (χ0v) is 13.9. The van der Waals surface area contributed by atoms with Gasteiger partial charge in [-0.25, -0.2) is 13.1 Å². The Morgan fingerprint density at radius 3 is 2.27 bits per heavy atom. The van der Waals surface area contributed by atoms with Crippen molar-refractivity contribution in [3.63, 3.8) is 0 Å². The standard InChI is InChI=1S/C15H22N2O4S/c1-4-11(2)17-15(19)9-10-16-22(20,21)14-7-5-13(6-8-14)12(3)18/h5-8,11,16H,4,9-10H2,1-3H3,(H,17,19). The minimum absolute atomic E-state index is 0.0268. The highest BCUT2D eigenvalue weighted by molar-refractivity contribution is 7.89. The van der Waals surface area contributed by atoms with Crippen LogP contribution in [0.1, 0.15) is 44.0 Å². The van der Waals surface area contributed by atoms with E-state index in [1.807, 2.05) is 13.8 Å². The SMILES string of the molecule is CCC(C)NC(=O)CCNS(=O)(=O)c1ccc(C(C)=O)cc1. The van der Waals surface area contributed by atoms with Gasteiger partial charge in [0.15, 0.2) is 5.78 Å². The first-order valence-corrected chi connectivity index (χ1v) is 8.64. The number of ketones is 1. The third-order valence-electron chi connectivity index (χ3n) is 3.24. The van der Waals surface area contributed by atoms with E-state index in [9.17, 15) is 18.0 Å². The zero-order valence-electron chi connectivity index (χ0n) is 13.0. The first kappa shape index (κ1) is 18.3. The van der Waals surface area contributed by atoms with E-state index >= 15 is 0 Å². The van der Waals surface area contributed by atoms with E-state index in [1.165, 1.54) is 31.2 Å². The molecule has 2 N–H and O–H groups in total. The fourth-order valence-electron chi connectivity index (χ4n) is 1.70. The largest absolute Gasteiger partial charge is 0.354 e. The van der Waals surface area contributed by atoms with Gasteiger partial charge in [0.1, 0.15) is 0 Å². The van der Waals surface area contributed by atoms with E-state index in [-0.39, 0.29) is 35.6 Å². The maximum atomic E-state index is 12.0. The summed E-state index contributed by atoms with van der Waals surface area (Å²) >= 11 is 0. The van der Waals surface area contributed by atoms with Crippen LogP contribution < -0.4 is 10.0 Å². The van der Waals surface area contributed by atoms with E-state index in [2.05, 4.69) is 10.0 Å². The van der Waals surface area contributed by atoms with Crippen molar-refractivity contribution in [3.05, 3.63) is 29.8 Å². The van der Waals surface area contributed by atoms with Gasteiger partial charge in [-0.2, -0.15) is 0 Å². The number of Topliss-reactive ketones (excluding diaryl/α,β-unsaturated/α-hetero) is 1. The molecule has 0 spiro atoms. The molecule has 0 aliphatic rings. The summed E-state index contributed by atoms with van der Waals surface area (Å²) < 4.78 is 26.5. The molecule has 0 aliphatic carbocycles. The molecule has 0 saturated carbocycles.